The monoisotopic (exact) mass is 337 g/mol. The number of carbonyl (C=O) groups is 1. The molecule has 2 N–H and O–H groups in total. The van der Waals surface area contributed by atoms with Gasteiger partial charge in [0.15, 0.2) is 5.13 Å². The number of aromatic amines is 1. The van der Waals surface area contributed by atoms with E-state index in [1.165, 1.54) is 29.5 Å². The Morgan fingerprint density at radius 1 is 1.17 bits per heavy atom. The molecule has 4 aromatic rings. The average Bonchev–Trinajstić information content (AvgIpc) is 3.21. The summed E-state index contributed by atoms with van der Waals surface area (Å²) in [7, 11) is 0. The molecule has 2 aromatic heterocycles. The lowest BCUT2D eigenvalue weighted by Gasteiger charge is -2.01. The molecule has 2 heterocycles. The van der Waals surface area contributed by atoms with Crippen LogP contribution in [0.1, 0.15) is 10.4 Å². The Hall–Kier alpha value is -2.99. The van der Waals surface area contributed by atoms with E-state index in [0.717, 1.165) is 22.2 Å². The van der Waals surface area contributed by atoms with E-state index in [1.54, 1.807) is 6.07 Å². The third kappa shape index (κ3) is 2.68. The van der Waals surface area contributed by atoms with Gasteiger partial charge in [0.2, 0.25) is 0 Å². The molecule has 0 saturated carbocycles. The molecule has 0 saturated heterocycles. The number of carbonyl (C=O) groups excluding carboxylic acids is 1. The molecule has 6 heteroatoms. The summed E-state index contributed by atoms with van der Waals surface area (Å²) in [4.78, 5) is 19.8. The van der Waals surface area contributed by atoms with Gasteiger partial charge in [0, 0.05) is 33.6 Å². The first-order chi connectivity index (χ1) is 11.7. The van der Waals surface area contributed by atoms with Gasteiger partial charge >= 0.3 is 0 Å². The van der Waals surface area contributed by atoms with E-state index >= 15 is 0 Å². The van der Waals surface area contributed by atoms with Gasteiger partial charge in [0.05, 0.1) is 5.69 Å². The maximum Gasteiger partial charge on any atom is 0.257 e. The Bertz CT molecular complexity index is 1040. The third-order valence-corrected chi connectivity index (χ3v) is 4.43. The molecule has 0 bridgehead atoms. The molecule has 0 radical (unpaired) electrons. The smallest absolute Gasteiger partial charge is 0.257 e. The highest BCUT2D eigenvalue weighted by atomic mass is 32.1. The molecule has 4 nitrogen and oxygen atoms in total. The van der Waals surface area contributed by atoms with Crippen LogP contribution in [-0.2, 0) is 0 Å². The number of H-pyrrole nitrogens is 1. The largest absolute Gasteiger partial charge is 0.360 e. The van der Waals surface area contributed by atoms with Crippen LogP contribution >= 0.6 is 11.3 Å². The highest BCUT2D eigenvalue weighted by Crippen LogP contribution is 2.31. The Labute approximate surface area is 141 Å². The summed E-state index contributed by atoms with van der Waals surface area (Å²) in [6.45, 7) is 0. The maximum atomic E-state index is 13.2. The quantitative estimate of drug-likeness (QED) is 0.570. The number of nitrogens with one attached hydrogen (secondary N) is 2. The summed E-state index contributed by atoms with van der Waals surface area (Å²) in [5.41, 5.74) is 3.06. The highest BCUT2D eigenvalue weighted by molar-refractivity contribution is 7.14. The molecule has 0 unspecified atom stereocenters. The molecular formula is C18H12FN3OS. The van der Waals surface area contributed by atoms with Gasteiger partial charge in [-0.15, -0.1) is 11.3 Å². The van der Waals surface area contributed by atoms with E-state index in [1.807, 2.05) is 35.8 Å². The van der Waals surface area contributed by atoms with Crippen molar-refractivity contribution < 1.29 is 9.18 Å². The lowest BCUT2D eigenvalue weighted by Crippen LogP contribution is -2.11. The van der Waals surface area contributed by atoms with Gasteiger partial charge in [-0.1, -0.05) is 24.3 Å². The van der Waals surface area contributed by atoms with Gasteiger partial charge < -0.3 is 4.98 Å². The topological polar surface area (TPSA) is 57.8 Å². The van der Waals surface area contributed by atoms with Gasteiger partial charge in [-0.25, -0.2) is 9.37 Å². The van der Waals surface area contributed by atoms with Gasteiger partial charge in [-0.3, -0.25) is 10.1 Å². The average molecular weight is 337 g/mol. The van der Waals surface area contributed by atoms with Gasteiger partial charge in [0.25, 0.3) is 5.91 Å². The molecule has 24 heavy (non-hydrogen) atoms. The molecule has 0 aliphatic heterocycles. The Kier molecular flexibility index (Phi) is 3.59. The van der Waals surface area contributed by atoms with Crippen molar-refractivity contribution in [2.24, 2.45) is 0 Å². The normalized spacial score (nSPS) is 10.9. The van der Waals surface area contributed by atoms with Gasteiger partial charge in [0.1, 0.15) is 5.82 Å². The van der Waals surface area contributed by atoms with Crippen molar-refractivity contribution >= 4 is 33.3 Å². The second-order valence-electron chi connectivity index (χ2n) is 5.25. The summed E-state index contributed by atoms with van der Waals surface area (Å²) in [6, 6.07) is 13.5. The number of hydrogen-bond acceptors (Lipinski definition) is 3. The van der Waals surface area contributed by atoms with Crippen LogP contribution in [0.15, 0.2) is 60.1 Å². The zero-order chi connectivity index (χ0) is 16.5. The molecule has 0 aliphatic carbocycles. The van der Waals surface area contributed by atoms with Crippen molar-refractivity contribution in [1.82, 2.24) is 9.97 Å². The predicted molar refractivity (Wildman–Crippen MR) is 93.8 cm³/mol. The minimum absolute atomic E-state index is 0.263. The van der Waals surface area contributed by atoms with Crippen molar-refractivity contribution in [3.05, 3.63) is 71.5 Å². The van der Waals surface area contributed by atoms with Crippen LogP contribution in [0.25, 0.3) is 22.2 Å². The number of para-hydroxylation sites is 1. The predicted octanol–water partition coefficient (Wildman–Crippen LogP) is 4.68. The lowest BCUT2D eigenvalue weighted by atomic mass is 10.1. The summed E-state index contributed by atoms with van der Waals surface area (Å²) in [6.07, 6.45) is 1.90. The van der Waals surface area contributed by atoms with E-state index < -0.39 is 5.82 Å². The number of anilines is 1. The van der Waals surface area contributed by atoms with Crippen LogP contribution in [0.3, 0.4) is 0 Å². The fourth-order valence-corrected chi connectivity index (χ4v) is 3.24. The van der Waals surface area contributed by atoms with Crippen LogP contribution < -0.4 is 5.32 Å². The summed E-state index contributed by atoms with van der Waals surface area (Å²) in [5.74, 6) is -0.824. The van der Waals surface area contributed by atoms with Crippen LogP contribution in [0.4, 0.5) is 9.52 Å². The van der Waals surface area contributed by atoms with E-state index in [9.17, 15) is 9.18 Å². The number of benzene rings is 2. The Morgan fingerprint density at radius 2 is 2.04 bits per heavy atom. The number of aromatic nitrogens is 2. The summed E-state index contributed by atoms with van der Waals surface area (Å²) >= 11 is 1.33. The molecule has 118 valence electrons. The van der Waals surface area contributed by atoms with Crippen molar-refractivity contribution in [2.75, 3.05) is 5.32 Å². The van der Waals surface area contributed by atoms with Crippen molar-refractivity contribution in [3.8, 4) is 11.3 Å². The number of hydrogen-bond donors (Lipinski definition) is 2. The second-order valence-corrected chi connectivity index (χ2v) is 6.11. The molecule has 0 fully saturated rings. The first-order valence-corrected chi connectivity index (χ1v) is 8.17. The fraction of sp³-hybridized carbons (Fsp3) is 0. The first kappa shape index (κ1) is 14.6. The van der Waals surface area contributed by atoms with E-state index in [2.05, 4.69) is 15.3 Å². The molecular weight excluding hydrogens is 325 g/mol. The molecule has 0 spiro atoms. The Balaban J connectivity index is 1.60. The van der Waals surface area contributed by atoms with Gasteiger partial charge in [-0.05, 0) is 24.3 Å². The molecule has 1 amide bonds. The first-order valence-electron chi connectivity index (χ1n) is 7.29. The van der Waals surface area contributed by atoms with Crippen LogP contribution in [0.5, 0.6) is 0 Å². The number of halogens is 1. The van der Waals surface area contributed by atoms with E-state index in [0.29, 0.717) is 5.13 Å². The maximum absolute atomic E-state index is 13.2. The molecule has 2 aromatic carbocycles. The standard InChI is InChI=1S/C18H12FN3OS/c19-12-5-3-4-11(8-12)17(23)22-18-21-16(10-24-18)14-9-20-15-7-2-1-6-13(14)15/h1-10,20H,(H,21,22,23). The minimum Gasteiger partial charge on any atom is -0.360 e. The van der Waals surface area contributed by atoms with Crippen LogP contribution in [0, 0.1) is 5.82 Å². The zero-order valence-corrected chi connectivity index (χ0v) is 13.2. The molecule has 0 aliphatic rings. The molecule has 0 atom stereocenters. The van der Waals surface area contributed by atoms with Crippen LogP contribution in [-0.4, -0.2) is 15.9 Å². The van der Waals surface area contributed by atoms with Crippen molar-refractivity contribution in [1.29, 1.82) is 0 Å². The van der Waals surface area contributed by atoms with Crippen LogP contribution in [0.2, 0.25) is 0 Å². The SMILES string of the molecule is O=C(Nc1nc(-c2c[nH]c3ccccc23)cs1)c1cccc(F)c1. The number of nitrogens with zero attached hydrogens (tertiary/aromatic N) is 1. The molecule has 4 rings (SSSR count). The minimum atomic E-state index is -0.443. The number of amides is 1. The number of fused-ring (bicyclic) bond motifs is 1. The van der Waals surface area contributed by atoms with Crippen molar-refractivity contribution in [2.45, 2.75) is 0 Å². The Morgan fingerprint density at radius 3 is 2.92 bits per heavy atom. The van der Waals surface area contributed by atoms with Crippen molar-refractivity contribution in [3.63, 3.8) is 0 Å². The summed E-state index contributed by atoms with van der Waals surface area (Å²) in [5, 5.41) is 6.14. The lowest BCUT2D eigenvalue weighted by molar-refractivity contribution is 0.102. The third-order valence-electron chi connectivity index (χ3n) is 3.68. The highest BCUT2D eigenvalue weighted by Gasteiger charge is 2.12. The van der Waals surface area contributed by atoms with E-state index in [4.69, 9.17) is 0 Å². The second kappa shape index (κ2) is 5.90. The van der Waals surface area contributed by atoms with Gasteiger partial charge in [-0.2, -0.15) is 0 Å². The van der Waals surface area contributed by atoms with E-state index in [-0.39, 0.29) is 11.5 Å². The number of thiazole rings is 1. The fourth-order valence-electron chi connectivity index (χ4n) is 2.54. The number of rotatable bonds is 3. The summed E-state index contributed by atoms with van der Waals surface area (Å²) < 4.78 is 13.2. The zero-order valence-electron chi connectivity index (χ0n) is 12.4.